The van der Waals surface area contributed by atoms with E-state index in [-0.39, 0.29) is 36.2 Å². The summed E-state index contributed by atoms with van der Waals surface area (Å²) in [6, 6.07) is 0. The topological polar surface area (TPSA) is 121 Å². The molecule has 0 rings (SSSR count). The minimum atomic E-state index is -2.63. The zero-order valence-electron chi connectivity index (χ0n) is 9.22. The Morgan fingerprint density at radius 3 is 2.11 bits per heavy atom. The fraction of sp³-hybridized carbons (Fsp3) is 0.600. The molecule has 0 aliphatic rings. The molecule has 0 aliphatic heterocycles. The Labute approximate surface area is 126 Å². The second-order valence-corrected chi connectivity index (χ2v) is 3.51. The molecule has 0 heterocycles. The summed E-state index contributed by atoms with van der Waals surface area (Å²) >= 11 is 0. The molecule has 0 spiro atoms. The number of hydrogen-bond acceptors (Lipinski definition) is 5. The standard InChI is InChI=1S/C10H15O7.Na.H/c1-2-3-4-17-8(13)6-10(16,9(14)15)5-7(11)12;;/h16H,1-6H2,(H,11,12)(H,14,15);;. The van der Waals surface area contributed by atoms with Crippen LogP contribution in [0.4, 0.5) is 0 Å². The number of carboxylic acid groups (broad SMARTS) is 2. The summed E-state index contributed by atoms with van der Waals surface area (Å²) in [5, 5.41) is 26.6. The molecule has 1 radical (unpaired) electrons. The SMILES string of the molecule is [CH2]CCCOC(=O)CC(O)(CC(=O)O)C(=O)O.[NaH]. The van der Waals surface area contributed by atoms with Crippen molar-refractivity contribution in [2.45, 2.75) is 31.3 Å². The van der Waals surface area contributed by atoms with E-state index in [0.717, 1.165) is 0 Å². The number of ether oxygens (including phenoxy) is 1. The maximum absolute atomic E-state index is 11.2. The molecule has 0 aromatic heterocycles. The predicted molar refractivity (Wildman–Crippen MR) is 62.2 cm³/mol. The molecule has 0 bridgehead atoms. The number of rotatable bonds is 8. The van der Waals surface area contributed by atoms with Gasteiger partial charge in [-0.2, -0.15) is 0 Å². The number of hydrogen-bond donors (Lipinski definition) is 3. The van der Waals surface area contributed by atoms with Gasteiger partial charge in [0.1, 0.15) is 0 Å². The molecule has 1 unspecified atom stereocenters. The van der Waals surface area contributed by atoms with Gasteiger partial charge in [0, 0.05) is 0 Å². The Balaban J connectivity index is 0. The molecule has 3 N–H and O–H groups in total. The van der Waals surface area contributed by atoms with E-state index >= 15 is 0 Å². The first-order valence-electron chi connectivity index (χ1n) is 4.94. The van der Waals surface area contributed by atoms with Crippen LogP contribution in [0.2, 0.25) is 0 Å². The van der Waals surface area contributed by atoms with E-state index in [0.29, 0.717) is 12.8 Å². The van der Waals surface area contributed by atoms with Crippen LogP contribution < -0.4 is 0 Å². The van der Waals surface area contributed by atoms with Crippen molar-refractivity contribution >= 4 is 47.5 Å². The summed E-state index contributed by atoms with van der Waals surface area (Å²) in [5.41, 5.74) is -2.63. The summed E-state index contributed by atoms with van der Waals surface area (Å²) in [5.74, 6) is -4.24. The van der Waals surface area contributed by atoms with Gasteiger partial charge in [-0.1, -0.05) is 13.3 Å². The van der Waals surface area contributed by atoms with Gasteiger partial charge >= 0.3 is 47.5 Å². The summed E-state index contributed by atoms with van der Waals surface area (Å²) in [6.07, 6.45) is -0.902. The molecule has 0 saturated carbocycles. The van der Waals surface area contributed by atoms with Crippen LogP contribution in [0.15, 0.2) is 0 Å². The second kappa shape index (κ2) is 9.32. The van der Waals surface area contributed by atoms with Gasteiger partial charge in [-0.3, -0.25) is 9.59 Å². The Kier molecular flexibility index (Phi) is 10.2. The first-order valence-corrected chi connectivity index (χ1v) is 4.94. The van der Waals surface area contributed by atoms with E-state index in [2.05, 4.69) is 11.7 Å². The summed E-state index contributed by atoms with van der Waals surface area (Å²) < 4.78 is 4.61. The van der Waals surface area contributed by atoms with Crippen LogP contribution in [0.1, 0.15) is 25.7 Å². The fourth-order valence-electron chi connectivity index (χ4n) is 1.04. The first kappa shape index (κ1) is 19.7. The van der Waals surface area contributed by atoms with Crippen LogP contribution in [-0.4, -0.2) is 75.0 Å². The minimum absolute atomic E-state index is 0. The molecule has 0 aliphatic carbocycles. The first-order chi connectivity index (χ1) is 7.81. The van der Waals surface area contributed by atoms with Gasteiger partial charge in [-0.05, 0) is 6.42 Å². The van der Waals surface area contributed by atoms with E-state index in [9.17, 15) is 19.5 Å². The van der Waals surface area contributed by atoms with Crippen LogP contribution in [0.3, 0.4) is 0 Å². The molecule has 0 saturated heterocycles. The van der Waals surface area contributed by atoms with Crippen molar-refractivity contribution in [3.8, 4) is 0 Å². The van der Waals surface area contributed by atoms with Gasteiger partial charge in [0.05, 0.1) is 19.4 Å². The number of carboxylic acids is 2. The Bertz CT molecular complexity index is 305. The number of carbonyl (C=O) groups excluding carboxylic acids is 1. The predicted octanol–water partition coefficient (Wildman–Crippen LogP) is -0.824. The average Bonchev–Trinajstić information content (AvgIpc) is 2.16. The molecule has 0 amide bonds. The van der Waals surface area contributed by atoms with Gasteiger partial charge in [0.2, 0.25) is 0 Å². The van der Waals surface area contributed by atoms with Crippen LogP contribution in [0, 0.1) is 6.92 Å². The summed E-state index contributed by atoms with van der Waals surface area (Å²) in [7, 11) is 0. The zero-order chi connectivity index (χ0) is 13.5. The van der Waals surface area contributed by atoms with Crippen molar-refractivity contribution in [3.05, 3.63) is 6.92 Å². The maximum atomic E-state index is 11.2. The zero-order valence-corrected chi connectivity index (χ0v) is 9.22. The third kappa shape index (κ3) is 7.65. The Morgan fingerprint density at radius 1 is 1.17 bits per heavy atom. The summed E-state index contributed by atoms with van der Waals surface area (Å²) in [4.78, 5) is 32.2. The molecular weight excluding hydrogens is 255 g/mol. The number of unbranched alkanes of at least 4 members (excludes halogenated alkanes) is 1. The van der Waals surface area contributed by atoms with Gasteiger partial charge in [0.25, 0.3) is 0 Å². The quantitative estimate of drug-likeness (QED) is 0.299. The number of aliphatic hydroxyl groups is 1. The van der Waals surface area contributed by atoms with E-state index in [1.807, 2.05) is 0 Å². The van der Waals surface area contributed by atoms with Crippen molar-refractivity contribution in [1.82, 2.24) is 0 Å². The molecule has 18 heavy (non-hydrogen) atoms. The van der Waals surface area contributed by atoms with Crippen molar-refractivity contribution in [2.24, 2.45) is 0 Å². The van der Waals surface area contributed by atoms with E-state index < -0.39 is 36.4 Å². The van der Waals surface area contributed by atoms with Crippen molar-refractivity contribution in [3.63, 3.8) is 0 Å². The van der Waals surface area contributed by atoms with E-state index in [1.54, 1.807) is 0 Å². The second-order valence-electron chi connectivity index (χ2n) is 3.51. The number of esters is 1. The van der Waals surface area contributed by atoms with Crippen molar-refractivity contribution in [2.75, 3.05) is 6.61 Å². The molecule has 0 aromatic carbocycles. The van der Waals surface area contributed by atoms with Gasteiger partial charge in [0.15, 0.2) is 5.60 Å². The fourth-order valence-corrected chi connectivity index (χ4v) is 1.04. The van der Waals surface area contributed by atoms with Crippen molar-refractivity contribution in [1.29, 1.82) is 0 Å². The van der Waals surface area contributed by atoms with Gasteiger partial charge in [-0.25, -0.2) is 4.79 Å². The van der Waals surface area contributed by atoms with Crippen LogP contribution >= 0.6 is 0 Å². The van der Waals surface area contributed by atoms with Crippen LogP contribution in [-0.2, 0) is 19.1 Å². The van der Waals surface area contributed by atoms with Gasteiger partial charge in [-0.15, -0.1) is 0 Å². The average molecular weight is 271 g/mol. The monoisotopic (exact) mass is 271 g/mol. The molecule has 1 atom stereocenters. The molecule has 0 fully saturated rings. The van der Waals surface area contributed by atoms with E-state index in [4.69, 9.17) is 10.2 Å². The molecule has 0 aromatic rings. The Hall–Kier alpha value is -0.630. The van der Waals surface area contributed by atoms with Gasteiger partial charge < -0.3 is 20.1 Å². The summed E-state index contributed by atoms with van der Waals surface area (Å²) in [6.45, 7) is 3.57. The van der Waals surface area contributed by atoms with Crippen molar-refractivity contribution < 1.29 is 34.4 Å². The molecule has 7 nitrogen and oxygen atoms in total. The Morgan fingerprint density at radius 2 is 1.72 bits per heavy atom. The third-order valence-corrected chi connectivity index (χ3v) is 1.94. The normalized spacial score (nSPS) is 13.0. The van der Waals surface area contributed by atoms with E-state index in [1.165, 1.54) is 0 Å². The van der Waals surface area contributed by atoms with Crippen LogP contribution in [0.5, 0.6) is 0 Å². The number of aliphatic carboxylic acids is 2. The molecule has 99 valence electrons. The third-order valence-electron chi connectivity index (χ3n) is 1.94. The number of carbonyl (C=O) groups is 3. The molecular formula is C10H16NaO7. The van der Waals surface area contributed by atoms with Crippen LogP contribution in [0.25, 0.3) is 0 Å². The molecule has 8 heteroatoms.